The fraction of sp³-hybridized carbons (Fsp3) is 0.0526. The monoisotopic (exact) mass is 367 g/mol. The fourth-order valence-corrected chi connectivity index (χ4v) is 3.57. The molecule has 1 aromatic heterocycles. The van der Waals surface area contributed by atoms with E-state index < -0.39 is 0 Å². The first-order chi connectivity index (χ1) is 12.1. The number of halogens is 1. The van der Waals surface area contributed by atoms with E-state index >= 15 is 0 Å². The van der Waals surface area contributed by atoms with Gasteiger partial charge in [0.05, 0.1) is 10.6 Å². The molecule has 6 heteroatoms. The number of nitrogens with one attached hydrogen (secondary N) is 1. The summed E-state index contributed by atoms with van der Waals surface area (Å²) in [6, 6.07) is 13.6. The lowest BCUT2D eigenvalue weighted by molar-refractivity contribution is 0.457. The maximum Gasteiger partial charge on any atom is 0.231 e. The van der Waals surface area contributed by atoms with E-state index in [2.05, 4.69) is 15.3 Å². The number of para-hydroxylation sites is 1. The Morgan fingerprint density at radius 3 is 2.88 bits per heavy atom. The van der Waals surface area contributed by atoms with Crippen LogP contribution in [0.2, 0.25) is 5.02 Å². The number of aliphatic imine (C=N–C) groups is 1. The van der Waals surface area contributed by atoms with Crippen LogP contribution in [0.1, 0.15) is 16.0 Å². The van der Waals surface area contributed by atoms with Crippen LogP contribution in [0.15, 0.2) is 47.5 Å². The van der Waals surface area contributed by atoms with Crippen LogP contribution >= 0.6 is 22.9 Å². The Hall–Kier alpha value is -2.63. The highest BCUT2D eigenvalue weighted by Crippen LogP contribution is 2.37. The average molecular weight is 368 g/mol. The van der Waals surface area contributed by atoms with E-state index in [-0.39, 0.29) is 5.88 Å². The Morgan fingerprint density at radius 1 is 1.20 bits per heavy atom. The van der Waals surface area contributed by atoms with Crippen molar-refractivity contribution in [1.82, 2.24) is 4.98 Å². The van der Waals surface area contributed by atoms with Crippen molar-refractivity contribution in [3.63, 3.8) is 0 Å². The van der Waals surface area contributed by atoms with Crippen LogP contribution in [-0.2, 0) is 0 Å². The van der Waals surface area contributed by atoms with Crippen LogP contribution in [0.4, 0.5) is 16.5 Å². The number of rotatable bonds is 3. The normalized spacial score (nSPS) is 14.1. The maximum absolute atomic E-state index is 10.2. The van der Waals surface area contributed by atoms with E-state index in [1.54, 1.807) is 6.21 Å². The van der Waals surface area contributed by atoms with Gasteiger partial charge in [0.25, 0.3) is 0 Å². The quantitative estimate of drug-likeness (QED) is 0.614. The van der Waals surface area contributed by atoms with E-state index in [0.717, 1.165) is 28.1 Å². The Bertz CT molecular complexity index is 1020. The SMILES string of the molecule is Cc1ccc(Nc2nc(O)c(/C=C3/C=Nc4ccccc43)s2)cc1Cl. The van der Waals surface area contributed by atoms with Crippen molar-refractivity contribution in [2.45, 2.75) is 6.92 Å². The molecule has 2 N–H and O–H groups in total. The van der Waals surface area contributed by atoms with E-state index in [9.17, 15) is 5.11 Å². The van der Waals surface area contributed by atoms with Crippen molar-refractivity contribution in [3.05, 3.63) is 63.5 Å². The van der Waals surface area contributed by atoms with E-state index in [0.29, 0.717) is 15.0 Å². The van der Waals surface area contributed by atoms with Crippen LogP contribution in [0.5, 0.6) is 5.88 Å². The number of fused-ring (bicyclic) bond motifs is 1. The summed E-state index contributed by atoms with van der Waals surface area (Å²) in [4.78, 5) is 9.24. The Labute approximate surface area is 154 Å². The van der Waals surface area contributed by atoms with Crippen LogP contribution in [0, 0.1) is 6.92 Å². The number of allylic oxidation sites excluding steroid dienone is 1. The molecule has 1 aliphatic heterocycles. The molecule has 3 aromatic rings. The Kier molecular flexibility index (Phi) is 4.03. The predicted molar refractivity (Wildman–Crippen MR) is 106 cm³/mol. The van der Waals surface area contributed by atoms with Crippen LogP contribution < -0.4 is 5.32 Å². The van der Waals surface area contributed by atoms with E-state index in [1.807, 2.05) is 55.5 Å². The summed E-state index contributed by atoms with van der Waals surface area (Å²) in [7, 11) is 0. The number of aromatic hydroxyl groups is 1. The number of hydrogen-bond donors (Lipinski definition) is 2. The number of thiazole rings is 1. The van der Waals surface area contributed by atoms with Gasteiger partial charge in [0, 0.05) is 28.1 Å². The lowest BCUT2D eigenvalue weighted by Crippen LogP contribution is -1.89. The molecule has 0 radical (unpaired) electrons. The van der Waals surface area contributed by atoms with Crippen molar-refractivity contribution in [3.8, 4) is 5.88 Å². The summed E-state index contributed by atoms with van der Waals surface area (Å²) in [6.07, 6.45) is 3.70. The fourth-order valence-electron chi connectivity index (χ4n) is 2.56. The summed E-state index contributed by atoms with van der Waals surface area (Å²) in [5.74, 6) is -0.00371. The average Bonchev–Trinajstić information content (AvgIpc) is 3.16. The lowest BCUT2D eigenvalue weighted by atomic mass is 10.1. The molecule has 124 valence electrons. The molecule has 0 amide bonds. The van der Waals surface area contributed by atoms with Gasteiger partial charge in [-0.2, -0.15) is 4.98 Å². The lowest BCUT2D eigenvalue weighted by Gasteiger charge is -2.04. The molecule has 0 saturated heterocycles. The van der Waals surface area contributed by atoms with Crippen LogP contribution in [-0.4, -0.2) is 16.3 Å². The predicted octanol–water partition coefficient (Wildman–Crippen LogP) is 5.81. The maximum atomic E-state index is 10.2. The van der Waals surface area contributed by atoms with Crippen molar-refractivity contribution >= 4 is 57.3 Å². The van der Waals surface area contributed by atoms with Gasteiger partial charge in [0.2, 0.25) is 5.88 Å². The molecule has 2 heterocycles. The van der Waals surface area contributed by atoms with E-state index in [1.165, 1.54) is 11.3 Å². The number of aryl methyl sites for hydroxylation is 1. The zero-order chi connectivity index (χ0) is 17.4. The molecule has 1 aliphatic rings. The minimum Gasteiger partial charge on any atom is -0.492 e. The highest BCUT2D eigenvalue weighted by Gasteiger charge is 2.14. The third-order valence-corrected chi connectivity index (χ3v) is 5.22. The summed E-state index contributed by atoms with van der Waals surface area (Å²) in [5, 5.41) is 14.6. The van der Waals surface area contributed by atoms with Gasteiger partial charge in [-0.15, -0.1) is 0 Å². The molecule has 0 bridgehead atoms. The van der Waals surface area contributed by atoms with Gasteiger partial charge >= 0.3 is 0 Å². The van der Waals surface area contributed by atoms with Crippen molar-refractivity contribution in [2.24, 2.45) is 4.99 Å². The van der Waals surface area contributed by atoms with Gasteiger partial charge < -0.3 is 10.4 Å². The van der Waals surface area contributed by atoms with Crippen molar-refractivity contribution in [2.75, 3.05) is 5.32 Å². The minimum atomic E-state index is -0.00371. The minimum absolute atomic E-state index is 0.00371. The first-order valence-corrected chi connectivity index (χ1v) is 8.88. The molecule has 0 saturated carbocycles. The van der Waals surface area contributed by atoms with Crippen molar-refractivity contribution < 1.29 is 5.11 Å². The number of hydrogen-bond acceptors (Lipinski definition) is 5. The molecule has 25 heavy (non-hydrogen) atoms. The number of aromatic nitrogens is 1. The molecule has 4 nitrogen and oxygen atoms in total. The molecule has 4 rings (SSSR count). The van der Waals surface area contributed by atoms with Gasteiger partial charge in [0.15, 0.2) is 5.13 Å². The molecule has 0 atom stereocenters. The van der Waals surface area contributed by atoms with Gasteiger partial charge in [-0.3, -0.25) is 4.99 Å². The smallest absolute Gasteiger partial charge is 0.231 e. The Morgan fingerprint density at radius 2 is 2.04 bits per heavy atom. The first-order valence-electron chi connectivity index (χ1n) is 7.68. The molecule has 0 spiro atoms. The molecule has 0 unspecified atom stereocenters. The molecule has 2 aromatic carbocycles. The van der Waals surface area contributed by atoms with E-state index in [4.69, 9.17) is 11.6 Å². The highest BCUT2D eigenvalue weighted by atomic mass is 35.5. The second-order valence-corrected chi connectivity index (χ2v) is 7.11. The van der Waals surface area contributed by atoms with Crippen LogP contribution in [0.3, 0.4) is 0 Å². The summed E-state index contributed by atoms with van der Waals surface area (Å²) in [6.45, 7) is 1.95. The summed E-state index contributed by atoms with van der Waals surface area (Å²) < 4.78 is 0. The van der Waals surface area contributed by atoms with Gasteiger partial charge in [-0.05, 0) is 36.8 Å². The third-order valence-electron chi connectivity index (χ3n) is 3.90. The largest absolute Gasteiger partial charge is 0.492 e. The summed E-state index contributed by atoms with van der Waals surface area (Å²) in [5.41, 5.74) is 4.79. The molecular formula is C19H14ClN3OS. The van der Waals surface area contributed by atoms with Gasteiger partial charge in [-0.1, -0.05) is 47.2 Å². The molecular weight excluding hydrogens is 354 g/mol. The van der Waals surface area contributed by atoms with Gasteiger partial charge in [0.1, 0.15) is 0 Å². The Balaban J connectivity index is 1.62. The molecule has 0 aliphatic carbocycles. The van der Waals surface area contributed by atoms with Crippen molar-refractivity contribution in [1.29, 1.82) is 0 Å². The first kappa shape index (κ1) is 15.9. The zero-order valence-electron chi connectivity index (χ0n) is 13.3. The second-order valence-electron chi connectivity index (χ2n) is 5.67. The number of benzene rings is 2. The van der Waals surface area contributed by atoms with Gasteiger partial charge in [-0.25, -0.2) is 0 Å². The molecule has 0 fully saturated rings. The standard InChI is InChI=1S/C19H14ClN3OS/c1-11-6-7-13(9-15(11)20)22-19-23-18(24)17(25-19)8-12-10-21-16-5-3-2-4-14(12)16/h2-10,24H,1H3,(H,22,23)/b12-8-. The highest BCUT2D eigenvalue weighted by molar-refractivity contribution is 7.16. The summed E-state index contributed by atoms with van der Waals surface area (Å²) >= 11 is 7.52. The third kappa shape index (κ3) is 3.16. The van der Waals surface area contributed by atoms with Crippen LogP contribution in [0.25, 0.3) is 11.6 Å². The second kappa shape index (κ2) is 6.35. The number of anilines is 2. The zero-order valence-corrected chi connectivity index (χ0v) is 14.9. The topological polar surface area (TPSA) is 57.5 Å². The number of nitrogens with zero attached hydrogens (tertiary/aromatic N) is 2.